The van der Waals surface area contributed by atoms with Crippen LogP contribution in [0, 0.1) is 0 Å². The number of nitrogens with one attached hydrogen (secondary N) is 2. The van der Waals surface area contributed by atoms with Crippen LogP contribution in [0.5, 0.6) is 5.75 Å². The van der Waals surface area contributed by atoms with Crippen molar-refractivity contribution in [2.45, 2.75) is 12.3 Å². The SMILES string of the molecule is COc1ccc(NC(=O)C2CNCCO2)c(C(F)(F)F)c1. The molecule has 0 saturated carbocycles. The van der Waals surface area contributed by atoms with Crippen LogP contribution >= 0.6 is 0 Å². The highest BCUT2D eigenvalue weighted by atomic mass is 19.4. The molecule has 1 heterocycles. The second-order valence-corrected chi connectivity index (χ2v) is 4.46. The van der Waals surface area contributed by atoms with Gasteiger partial charge >= 0.3 is 6.18 Å². The van der Waals surface area contributed by atoms with Gasteiger partial charge in [0.15, 0.2) is 0 Å². The van der Waals surface area contributed by atoms with Crippen molar-refractivity contribution in [3.8, 4) is 5.75 Å². The molecule has 1 aromatic rings. The summed E-state index contributed by atoms with van der Waals surface area (Å²) in [5.41, 5.74) is -1.28. The third-order valence-electron chi connectivity index (χ3n) is 3.01. The maximum absolute atomic E-state index is 13.0. The fourth-order valence-electron chi connectivity index (χ4n) is 1.94. The molecule has 5 nitrogen and oxygen atoms in total. The maximum Gasteiger partial charge on any atom is 0.418 e. The third kappa shape index (κ3) is 3.85. The number of morpholine rings is 1. The monoisotopic (exact) mass is 304 g/mol. The highest BCUT2D eigenvalue weighted by Crippen LogP contribution is 2.37. The quantitative estimate of drug-likeness (QED) is 0.891. The van der Waals surface area contributed by atoms with Gasteiger partial charge < -0.3 is 20.1 Å². The van der Waals surface area contributed by atoms with Gasteiger partial charge in [-0.25, -0.2) is 0 Å². The van der Waals surface area contributed by atoms with Gasteiger partial charge in [-0.2, -0.15) is 13.2 Å². The van der Waals surface area contributed by atoms with Crippen LogP contribution in [0.3, 0.4) is 0 Å². The van der Waals surface area contributed by atoms with Crippen molar-refractivity contribution in [1.29, 1.82) is 0 Å². The molecule has 1 atom stereocenters. The third-order valence-corrected chi connectivity index (χ3v) is 3.01. The molecule has 1 aliphatic heterocycles. The van der Waals surface area contributed by atoms with E-state index in [9.17, 15) is 18.0 Å². The summed E-state index contributed by atoms with van der Waals surface area (Å²) >= 11 is 0. The van der Waals surface area contributed by atoms with Gasteiger partial charge in [0.1, 0.15) is 11.9 Å². The molecule has 1 amide bonds. The van der Waals surface area contributed by atoms with Crippen LogP contribution in [-0.4, -0.2) is 38.8 Å². The van der Waals surface area contributed by atoms with Gasteiger partial charge in [-0.1, -0.05) is 0 Å². The van der Waals surface area contributed by atoms with E-state index in [1.54, 1.807) is 0 Å². The second kappa shape index (κ2) is 6.31. The maximum atomic E-state index is 13.0. The molecule has 8 heteroatoms. The van der Waals surface area contributed by atoms with Crippen molar-refractivity contribution in [2.24, 2.45) is 0 Å². The fraction of sp³-hybridized carbons (Fsp3) is 0.462. The van der Waals surface area contributed by atoms with Crippen molar-refractivity contribution in [3.05, 3.63) is 23.8 Å². The summed E-state index contributed by atoms with van der Waals surface area (Å²) in [4.78, 5) is 11.9. The first kappa shape index (κ1) is 15.6. The Morgan fingerprint density at radius 2 is 2.24 bits per heavy atom. The molecule has 0 aliphatic carbocycles. The molecule has 1 unspecified atom stereocenters. The van der Waals surface area contributed by atoms with Crippen molar-refractivity contribution in [3.63, 3.8) is 0 Å². The summed E-state index contributed by atoms with van der Waals surface area (Å²) in [6.45, 7) is 1.22. The van der Waals surface area contributed by atoms with E-state index in [2.05, 4.69) is 10.6 Å². The van der Waals surface area contributed by atoms with Gasteiger partial charge in [-0.15, -0.1) is 0 Å². The van der Waals surface area contributed by atoms with E-state index in [4.69, 9.17) is 9.47 Å². The number of ether oxygens (including phenoxy) is 2. The molecular formula is C13H15F3N2O3. The smallest absolute Gasteiger partial charge is 0.418 e. The normalized spacial score (nSPS) is 19.1. The predicted octanol–water partition coefficient (Wildman–Crippen LogP) is 1.64. The topological polar surface area (TPSA) is 59.6 Å². The summed E-state index contributed by atoms with van der Waals surface area (Å²) in [6, 6.07) is 3.36. The number of benzene rings is 1. The second-order valence-electron chi connectivity index (χ2n) is 4.46. The summed E-state index contributed by atoms with van der Waals surface area (Å²) in [5.74, 6) is -0.547. The Bertz CT molecular complexity index is 514. The highest BCUT2D eigenvalue weighted by molar-refractivity contribution is 5.95. The summed E-state index contributed by atoms with van der Waals surface area (Å²) in [5, 5.41) is 5.20. The van der Waals surface area contributed by atoms with Crippen LogP contribution in [0.25, 0.3) is 0 Å². The summed E-state index contributed by atoms with van der Waals surface area (Å²) < 4.78 is 49.0. The first-order valence-electron chi connectivity index (χ1n) is 6.30. The molecule has 2 N–H and O–H groups in total. The van der Waals surface area contributed by atoms with E-state index in [0.717, 1.165) is 12.1 Å². The minimum Gasteiger partial charge on any atom is -0.497 e. The first-order chi connectivity index (χ1) is 9.91. The van der Waals surface area contributed by atoms with Gasteiger partial charge in [0, 0.05) is 13.1 Å². The minimum atomic E-state index is -4.59. The van der Waals surface area contributed by atoms with E-state index >= 15 is 0 Å². The Hall–Kier alpha value is -1.80. The van der Waals surface area contributed by atoms with Gasteiger partial charge in [-0.3, -0.25) is 4.79 Å². The number of rotatable bonds is 3. The van der Waals surface area contributed by atoms with Crippen LogP contribution in [-0.2, 0) is 15.7 Å². The Morgan fingerprint density at radius 1 is 1.48 bits per heavy atom. The molecule has 2 rings (SSSR count). The fourth-order valence-corrected chi connectivity index (χ4v) is 1.94. The van der Waals surface area contributed by atoms with Gasteiger partial charge in [-0.05, 0) is 18.2 Å². The largest absolute Gasteiger partial charge is 0.497 e. The van der Waals surface area contributed by atoms with E-state index in [1.165, 1.54) is 13.2 Å². The number of anilines is 1. The predicted molar refractivity (Wildman–Crippen MR) is 69.2 cm³/mol. The van der Waals surface area contributed by atoms with Gasteiger partial charge in [0.05, 0.1) is 25.0 Å². The molecule has 0 radical (unpaired) electrons. The van der Waals surface area contributed by atoms with Crippen molar-refractivity contribution < 1.29 is 27.4 Å². The molecule has 1 aliphatic rings. The van der Waals surface area contributed by atoms with Crippen molar-refractivity contribution >= 4 is 11.6 Å². The lowest BCUT2D eigenvalue weighted by Crippen LogP contribution is -2.45. The Balaban J connectivity index is 2.20. The number of methoxy groups -OCH3 is 1. The molecular weight excluding hydrogens is 289 g/mol. The molecule has 0 aromatic heterocycles. The molecule has 116 valence electrons. The Labute approximate surface area is 119 Å². The average molecular weight is 304 g/mol. The highest BCUT2D eigenvalue weighted by Gasteiger charge is 2.35. The number of alkyl halides is 3. The molecule has 0 spiro atoms. The van der Waals surface area contributed by atoms with E-state index in [-0.39, 0.29) is 18.0 Å². The zero-order valence-electron chi connectivity index (χ0n) is 11.3. The molecule has 1 saturated heterocycles. The molecule has 21 heavy (non-hydrogen) atoms. The lowest BCUT2D eigenvalue weighted by molar-refractivity contribution is -0.137. The number of hydrogen-bond donors (Lipinski definition) is 2. The Kier molecular flexibility index (Phi) is 4.69. The van der Waals surface area contributed by atoms with Crippen LogP contribution in [0.2, 0.25) is 0 Å². The van der Waals surface area contributed by atoms with E-state index < -0.39 is 23.8 Å². The van der Waals surface area contributed by atoms with Crippen LogP contribution in [0.1, 0.15) is 5.56 Å². The number of halogens is 3. The summed E-state index contributed by atoms with van der Waals surface area (Å²) in [6.07, 6.45) is -5.40. The number of carbonyl (C=O) groups excluding carboxylic acids is 1. The standard InChI is InChI=1S/C13H15F3N2O3/c1-20-8-2-3-10(9(6-8)13(14,15)16)18-12(19)11-7-17-4-5-21-11/h2-3,6,11,17H,4-5,7H2,1H3,(H,18,19). The average Bonchev–Trinajstić information content (AvgIpc) is 2.47. The zero-order chi connectivity index (χ0) is 15.5. The number of amides is 1. The van der Waals surface area contributed by atoms with Gasteiger partial charge in [0.2, 0.25) is 0 Å². The van der Waals surface area contributed by atoms with Crippen molar-refractivity contribution in [1.82, 2.24) is 5.32 Å². The van der Waals surface area contributed by atoms with Crippen LogP contribution in [0.4, 0.5) is 18.9 Å². The Morgan fingerprint density at radius 3 is 2.81 bits per heavy atom. The first-order valence-corrected chi connectivity index (χ1v) is 6.30. The lowest BCUT2D eigenvalue weighted by atomic mass is 10.1. The van der Waals surface area contributed by atoms with Crippen LogP contribution in [0.15, 0.2) is 18.2 Å². The van der Waals surface area contributed by atoms with Gasteiger partial charge in [0.25, 0.3) is 5.91 Å². The molecule has 1 aromatic carbocycles. The molecule has 0 bridgehead atoms. The number of carbonyl (C=O) groups is 1. The van der Waals surface area contributed by atoms with E-state index in [1.807, 2.05) is 0 Å². The minimum absolute atomic E-state index is 0.0657. The molecule has 1 fully saturated rings. The van der Waals surface area contributed by atoms with Crippen LogP contribution < -0.4 is 15.4 Å². The van der Waals surface area contributed by atoms with E-state index in [0.29, 0.717) is 13.2 Å². The summed E-state index contributed by atoms with van der Waals surface area (Å²) in [7, 11) is 1.27. The lowest BCUT2D eigenvalue weighted by Gasteiger charge is -2.23. The van der Waals surface area contributed by atoms with Crippen molar-refractivity contribution in [2.75, 3.05) is 32.1 Å². The zero-order valence-corrected chi connectivity index (χ0v) is 11.3. The number of hydrogen-bond acceptors (Lipinski definition) is 4.